The number of hydrogen-bond donors (Lipinski definition) is 2. The molecule has 3 fully saturated rings. The molecule has 3 aliphatic heterocycles. The summed E-state index contributed by atoms with van der Waals surface area (Å²) in [7, 11) is 0. The molecule has 8 heteroatoms. The Balaban J connectivity index is 1.18. The molecule has 3 amide bonds. The van der Waals surface area contributed by atoms with Crippen molar-refractivity contribution in [3.05, 3.63) is 29.8 Å². The van der Waals surface area contributed by atoms with Crippen LogP contribution in [0.15, 0.2) is 24.3 Å². The minimum atomic E-state index is -0.647. The summed E-state index contributed by atoms with van der Waals surface area (Å²) in [6.45, 7) is 3.93. The maximum atomic E-state index is 13.0. The SMILES string of the molecule is O=C1NC2(CCC(=O)N(CC(=O)N3CCN(C4CCCC4)CC3)CC2)Nc2ccccc21. The van der Waals surface area contributed by atoms with E-state index in [1.54, 1.807) is 11.0 Å². The van der Waals surface area contributed by atoms with E-state index < -0.39 is 5.66 Å². The topological polar surface area (TPSA) is 85.0 Å². The van der Waals surface area contributed by atoms with Crippen molar-refractivity contribution < 1.29 is 14.4 Å². The molecule has 1 atom stereocenters. The van der Waals surface area contributed by atoms with E-state index in [-0.39, 0.29) is 24.3 Å². The van der Waals surface area contributed by atoms with Crippen molar-refractivity contribution in [2.45, 2.75) is 56.7 Å². The van der Waals surface area contributed by atoms with Gasteiger partial charge in [-0.25, -0.2) is 0 Å². The lowest BCUT2D eigenvalue weighted by Crippen LogP contribution is -2.58. The predicted molar refractivity (Wildman–Crippen MR) is 121 cm³/mol. The zero-order valence-corrected chi connectivity index (χ0v) is 18.6. The molecule has 32 heavy (non-hydrogen) atoms. The lowest BCUT2D eigenvalue weighted by atomic mass is 9.95. The normalized spacial score (nSPS) is 27.1. The third-order valence-electron chi connectivity index (χ3n) is 7.66. The minimum Gasteiger partial charge on any atom is -0.362 e. The second-order valence-electron chi connectivity index (χ2n) is 9.63. The van der Waals surface area contributed by atoms with Gasteiger partial charge >= 0.3 is 0 Å². The number of nitrogens with zero attached hydrogens (tertiary/aromatic N) is 3. The molecule has 2 N–H and O–H groups in total. The van der Waals surface area contributed by atoms with E-state index in [1.807, 2.05) is 23.1 Å². The lowest BCUT2D eigenvalue weighted by Gasteiger charge is -2.40. The third kappa shape index (κ3) is 4.20. The van der Waals surface area contributed by atoms with Crippen LogP contribution >= 0.6 is 0 Å². The summed E-state index contributed by atoms with van der Waals surface area (Å²) in [5.41, 5.74) is 0.775. The fourth-order valence-corrected chi connectivity index (χ4v) is 5.70. The summed E-state index contributed by atoms with van der Waals surface area (Å²) in [5, 5.41) is 6.55. The van der Waals surface area contributed by atoms with Crippen molar-refractivity contribution in [3.8, 4) is 0 Å². The van der Waals surface area contributed by atoms with Gasteiger partial charge in [-0.1, -0.05) is 25.0 Å². The number of likely N-dealkylation sites (tertiary alicyclic amines) is 1. The van der Waals surface area contributed by atoms with Crippen LogP contribution in [0.4, 0.5) is 5.69 Å². The molecule has 2 saturated heterocycles. The Morgan fingerprint density at radius 3 is 2.50 bits per heavy atom. The van der Waals surface area contributed by atoms with Crippen LogP contribution in [0.25, 0.3) is 0 Å². The van der Waals surface area contributed by atoms with E-state index in [4.69, 9.17) is 0 Å². The van der Waals surface area contributed by atoms with Crippen LogP contribution < -0.4 is 10.6 Å². The molecular weight excluding hydrogens is 406 g/mol. The number of carbonyl (C=O) groups excluding carboxylic acids is 3. The number of amides is 3. The molecule has 3 heterocycles. The maximum absolute atomic E-state index is 13.0. The van der Waals surface area contributed by atoms with Gasteiger partial charge in [0, 0.05) is 57.3 Å². The molecule has 8 nitrogen and oxygen atoms in total. The highest BCUT2D eigenvalue weighted by atomic mass is 16.2. The number of benzene rings is 1. The Morgan fingerprint density at radius 2 is 1.72 bits per heavy atom. The molecular formula is C24H33N5O3. The number of anilines is 1. The number of piperazine rings is 1. The Bertz CT molecular complexity index is 891. The average Bonchev–Trinajstić information content (AvgIpc) is 3.31. The predicted octanol–water partition coefficient (Wildman–Crippen LogP) is 1.64. The second kappa shape index (κ2) is 8.73. The average molecular weight is 440 g/mol. The van der Waals surface area contributed by atoms with Crippen molar-refractivity contribution in [2.75, 3.05) is 44.6 Å². The Hall–Kier alpha value is -2.61. The molecule has 1 saturated carbocycles. The van der Waals surface area contributed by atoms with E-state index in [2.05, 4.69) is 15.5 Å². The van der Waals surface area contributed by atoms with Gasteiger partial charge in [0.1, 0.15) is 5.66 Å². The molecule has 0 aromatic heterocycles. The van der Waals surface area contributed by atoms with Crippen LogP contribution in [0, 0.1) is 0 Å². The minimum absolute atomic E-state index is 0.0188. The van der Waals surface area contributed by atoms with Gasteiger partial charge in [0.25, 0.3) is 5.91 Å². The van der Waals surface area contributed by atoms with Gasteiger partial charge < -0.3 is 20.4 Å². The maximum Gasteiger partial charge on any atom is 0.255 e. The van der Waals surface area contributed by atoms with E-state index in [0.717, 1.165) is 31.9 Å². The number of rotatable bonds is 3. The fraction of sp³-hybridized carbons (Fsp3) is 0.625. The largest absolute Gasteiger partial charge is 0.362 e. The van der Waals surface area contributed by atoms with Crippen LogP contribution in [-0.4, -0.2) is 83.4 Å². The second-order valence-corrected chi connectivity index (χ2v) is 9.63. The molecule has 1 spiro atoms. The summed E-state index contributed by atoms with van der Waals surface area (Å²) < 4.78 is 0. The van der Waals surface area contributed by atoms with Gasteiger partial charge in [-0.05, 0) is 31.4 Å². The molecule has 0 radical (unpaired) electrons. The van der Waals surface area contributed by atoms with Crippen LogP contribution in [0.2, 0.25) is 0 Å². The molecule has 172 valence electrons. The first-order chi connectivity index (χ1) is 15.5. The van der Waals surface area contributed by atoms with Gasteiger partial charge in [0.05, 0.1) is 12.1 Å². The zero-order chi connectivity index (χ0) is 22.1. The highest BCUT2D eigenvalue weighted by Crippen LogP contribution is 2.31. The van der Waals surface area contributed by atoms with E-state index in [0.29, 0.717) is 37.4 Å². The quantitative estimate of drug-likeness (QED) is 0.748. The first kappa shape index (κ1) is 21.2. The number of nitrogens with one attached hydrogen (secondary N) is 2. The summed E-state index contributed by atoms with van der Waals surface area (Å²) in [6, 6.07) is 8.13. The summed E-state index contributed by atoms with van der Waals surface area (Å²) >= 11 is 0. The van der Waals surface area contributed by atoms with Gasteiger partial charge in [-0.3, -0.25) is 19.3 Å². The van der Waals surface area contributed by atoms with E-state index >= 15 is 0 Å². The summed E-state index contributed by atoms with van der Waals surface area (Å²) in [6.07, 6.45) is 6.60. The van der Waals surface area contributed by atoms with Crippen LogP contribution in [0.5, 0.6) is 0 Å². The molecule has 1 unspecified atom stereocenters. The zero-order valence-electron chi connectivity index (χ0n) is 18.6. The lowest BCUT2D eigenvalue weighted by molar-refractivity contribution is -0.141. The third-order valence-corrected chi connectivity index (χ3v) is 7.66. The first-order valence-corrected chi connectivity index (χ1v) is 12.0. The van der Waals surface area contributed by atoms with Gasteiger partial charge in [-0.2, -0.15) is 0 Å². The number of para-hydroxylation sites is 1. The highest BCUT2D eigenvalue weighted by Gasteiger charge is 2.41. The van der Waals surface area contributed by atoms with Crippen molar-refractivity contribution in [2.24, 2.45) is 0 Å². The first-order valence-electron chi connectivity index (χ1n) is 12.0. The molecule has 1 aromatic rings. The smallest absolute Gasteiger partial charge is 0.255 e. The molecule has 4 aliphatic rings. The van der Waals surface area contributed by atoms with E-state index in [1.165, 1.54) is 25.7 Å². The monoisotopic (exact) mass is 439 g/mol. The van der Waals surface area contributed by atoms with Crippen LogP contribution in [0.3, 0.4) is 0 Å². The Labute approximate surface area is 189 Å². The number of fused-ring (bicyclic) bond motifs is 1. The van der Waals surface area contributed by atoms with Gasteiger partial charge in [0.15, 0.2) is 0 Å². The fourth-order valence-electron chi connectivity index (χ4n) is 5.70. The molecule has 5 rings (SSSR count). The van der Waals surface area contributed by atoms with Crippen molar-refractivity contribution in [1.82, 2.24) is 20.0 Å². The standard InChI is InChI=1S/C24H33N5O3/c30-21-9-10-24(25-20-8-4-3-7-19(20)23(32)26-24)11-12-29(21)17-22(31)28-15-13-27(14-16-28)18-5-1-2-6-18/h3-4,7-8,18,25H,1-2,5-6,9-17H2,(H,26,32). The van der Waals surface area contributed by atoms with E-state index in [9.17, 15) is 14.4 Å². The summed E-state index contributed by atoms with van der Waals surface area (Å²) in [4.78, 5) is 44.5. The van der Waals surface area contributed by atoms with Gasteiger partial charge in [0.2, 0.25) is 11.8 Å². The molecule has 0 bridgehead atoms. The van der Waals surface area contributed by atoms with Crippen LogP contribution in [-0.2, 0) is 9.59 Å². The van der Waals surface area contributed by atoms with Crippen molar-refractivity contribution >= 4 is 23.4 Å². The molecule has 1 aromatic carbocycles. The van der Waals surface area contributed by atoms with Crippen LogP contribution in [0.1, 0.15) is 55.3 Å². The van der Waals surface area contributed by atoms with Crippen molar-refractivity contribution in [3.63, 3.8) is 0 Å². The number of hydrogen-bond acceptors (Lipinski definition) is 5. The number of carbonyl (C=O) groups is 3. The summed E-state index contributed by atoms with van der Waals surface area (Å²) in [5.74, 6) is -0.0995. The van der Waals surface area contributed by atoms with Gasteiger partial charge in [-0.15, -0.1) is 0 Å². The van der Waals surface area contributed by atoms with Crippen molar-refractivity contribution in [1.29, 1.82) is 0 Å². The molecule has 1 aliphatic carbocycles. The highest BCUT2D eigenvalue weighted by molar-refractivity contribution is 6.02. The Morgan fingerprint density at radius 1 is 0.969 bits per heavy atom. The Kier molecular flexibility index (Phi) is 5.80.